The molecule has 0 atom stereocenters. The number of amides is 1. The summed E-state index contributed by atoms with van der Waals surface area (Å²) in [5.74, 6) is -0.272. The van der Waals surface area contributed by atoms with Crippen LogP contribution in [0.1, 0.15) is 32.8 Å². The third-order valence-electron chi connectivity index (χ3n) is 2.38. The van der Waals surface area contributed by atoms with E-state index in [4.69, 9.17) is 4.74 Å². The van der Waals surface area contributed by atoms with E-state index in [9.17, 15) is 18.0 Å². The van der Waals surface area contributed by atoms with Gasteiger partial charge in [0.2, 0.25) is 0 Å². The van der Waals surface area contributed by atoms with Crippen LogP contribution in [0.25, 0.3) is 6.08 Å². The number of rotatable bonds is 5. The topological polar surface area (TPSA) is 47.6 Å². The molecule has 23 heavy (non-hydrogen) atoms. The molecule has 128 valence electrons. The highest BCUT2D eigenvalue weighted by Crippen LogP contribution is 2.23. The minimum absolute atomic E-state index is 0.272. The Balaban J connectivity index is 2.41. The molecule has 0 aliphatic rings. The Labute approximate surface area is 133 Å². The van der Waals surface area contributed by atoms with Crippen molar-refractivity contribution in [2.75, 3.05) is 6.54 Å². The average Bonchev–Trinajstić information content (AvgIpc) is 2.34. The molecule has 0 bridgehead atoms. The van der Waals surface area contributed by atoms with Crippen molar-refractivity contribution >= 4 is 12.2 Å². The lowest BCUT2D eigenvalue weighted by atomic mass is 10.2. The van der Waals surface area contributed by atoms with Gasteiger partial charge >= 0.3 is 12.5 Å². The van der Waals surface area contributed by atoms with Gasteiger partial charge in [-0.25, -0.2) is 4.79 Å². The lowest BCUT2D eigenvalue weighted by Crippen LogP contribution is -2.32. The zero-order valence-corrected chi connectivity index (χ0v) is 13.2. The van der Waals surface area contributed by atoms with Crippen LogP contribution in [0.3, 0.4) is 0 Å². The summed E-state index contributed by atoms with van der Waals surface area (Å²) in [7, 11) is 0. The lowest BCUT2D eigenvalue weighted by molar-refractivity contribution is -0.274. The van der Waals surface area contributed by atoms with Crippen molar-refractivity contribution in [2.45, 2.75) is 39.2 Å². The number of carbonyl (C=O) groups is 1. The van der Waals surface area contributed by atoms with Gasteiger partial charge in [-0.05, 0) is 44.9 Å². The van der Waals surface area contributed by atoms with Gasteiger partial charge in [-0.2, -0.15) is 0 Å². The summed E-state index contributed by atoms with van der Waals surface area (Å²) in [6.45, 7) is 5.66. The summed E-state index contributed by atoms with van der Waals surface area (Å²) in [5, 5.41) is 2.58. The van der Waals surface area contributed by atoms with Crippen molar-refractivity contribution in [3.8, 4) is 5.75 Å². The Bertz CT molecular complexity index is 548. The van der Waals surface area contributed by atoms with E-state index in [0.29, 0.717) is 18.5 Å². The van der Waals surface area contributed by atoms with Crippen molar-refractivity contribution < 1.29 is 27.4 Å². The van der Waals surface area contributed by atoms with Gasteiger partial charge in [-0.1, -0.05) is 24.3 Å². The highest BCUT2D eigenvalue weighted by molar-refractivity contribution is 5.67. The number of benzene rings is 1. The fraction of sp³-hybridized carbons (Fsp3) is 0.438. The Morgan fingerprint density at radius 2 is 1.96 bits per heavy atom. The molecule has 1 amide bonds. The summed E-state index contributed by atoms with van der Waals surface area (Å²) in [6, 6.07) is 5.64. The lowest BCUT2D eigenvalue weighted by Gasteiger charge is -2.19. The highest BCUT2D eigenvalue weighted by atomic mass is 19.4. The molecule has 0 spiro atoms. The van der Waals surface area contributed by atoms with Gasteiger partial charge < -0.3 is 14.8 Å². The fourth-order valence-electron chi connectivity index (χ4n) is 1.61. The molecule has 1 rings (SSSR count). The first-order valence-electron chi connectivity index (χ1n) is 7.04. The van der Waals surface area contributed by atoms with Crippen LogP contribution in [0.15, 0.2) is 30.3 Å². The maximum Gasteiger partial charge on any atom is 0.573 e. The zero-order chi connectivity index (χ0) is 17.5. The minimum atomic E-state index is -4.71. The van der Waals surface area contributed by atoms with Crippen LogP contribution in [-0.4, -0.2) is 24.6 Å². The molecular formula is C16H20F3NO3. The van der Waals surface area contributed by atoms with Crippen LogP contribution in [0.2, 0.25) is 0 Å². The van der Waals surface area contributed by atoms with E-state index in [0.717, 1.165) is 0 Å². The van der Waals surface area contributed by atoms with Gasteiger partial charge in [-0.3, -0.25) is 0 Å². The number of hydrogen-bond donors (Lipinski definition) is 1. The second kappa shape index (κ2) is 7.89. The van der Waals surface area contributed by atoms with Crippen molar-refractivity contribution in [2.24, 2.45) is 0 Å². The van der Waals surface area contributed by atoms with Crippen LogP contribution in [0.5, 0.6) is 5.75 Å². The summed E-state index contributed by atoms with van der Waals surface area (Å²) >= 11 is 0. The van der Waals surface area contributed by atoms with Gasteiger partial charge in [0.25, 0.3) is 0 Å². The minimum Gasteiger partial charge on any atom is -0.444 e. The Hall–Kier alpha value is -2.18. The van der Waals surface area contributed by atoms with Gasteiger partial charge in [-0.15, -0.1) is 13.2 Å². The average molecular weight is 331 g/mol. The molecule has 1 aromatic rings. The molecule has 0 unspecified atom stereocenters. The third-order valence-corrected chi connectivity index (χ3v) is 2.38. The number of halogens is 3. The second-order valence-electron chi connectivity index (χ2n) is 5.74. The first-order valence-corrected chi connectivity index (χ1v) is 7.04. The van der Waals surface area contributed by atoms with E-state index in [-0.39, 0.29) is 5.75 Å². The molecule has 0 aliphatic heterocycles. The highest BCUT2D eigenvalue weighted by Gasteiger charge is 2.30. The van der Waals surface area contributed by atoms with Gasteiger partial charge in [0.05, 0.1) is 0 Å². The predicted molar refractivity (Wildman–Crippen MR) is 81.0 cm³/mol. The van der Waals surface area contributed by atoms with Gasteiger partial charge in [0.1, 0.15) is 11.4 Å². The molecule has 0 fully saturated rings. The Morgan fingerprint density at radius 3 is 2.57 bits per heavy atom. The maximum atomic E-state index is 12.1. The van der Waals surface area contributed by atoms with E-state index < -0.39 is 18.1 Å². The third kappa shape index (κ3) is 9.44. The van der Waals surface area contributed by atoms with Crippen LogP contribution >= 0.6 is 0 Å². The maximum absolute atomic E-state index is 12.1. The summed E-state index contributed by atoms with van der Waals surface area (Å²) in [5.41, 5.74) is 0.0165. The smallest absolute Gasteiger partial charge is 0.444 e. The number of alkyl halides is 3. The normalized spacial score (nSPS) is 12.3. The van der Waals surface area contributed by atoms with Crippen molar-refractivity contribution in [3.63, 3.8) is 0 Å². The second-order valence-corrected chi connectivity index (χ2v) is 5.74. The van der Waals surface area contributed by atoms with Crippen LogP contribution in [0, 0.1) is 0 Å². The molecule has 7 heteroatoms. The van der Waals surface area contributed by atoms with Crippen molar-refractivity contribution in [3.05, 3.63) is 35.9 Å². The summed E-state index contributed by atoms with van der Waals surface area (Å²) < 4.78 is 45.3. The van der Waals surface area contributed by atoms with Crippen LogP contribution < -0.4 is 10.1 Å². The SMILES string of the molecule is CC(C)(C)OC(=O)NCCC=Cc1cccc(OC(F)(F)F)c1. The van der Waals surface area contributed by atoms with E-state index >= 15 is 0 Å². The molecule has 0 saturated heterocycles. The largest absolute Gasteiger partial charge is 0.573 e. The van der Waals surface area contributed by atoms with Crippen molar-refractivity contribution in [1.29, 1.82) is 0 Å². The van der Waals surface area contributed by atoms with E-state index in [1.807, 2.05) is 0 Å². The van der Waals surface area contributed by atoms with E-state index in [2.05, 4.69) is 10.1 Å². The molecular weight excluding hydrogens is 311 g/mol. The Kier molecular flexibility index (Phi) is 6.48. The molecule has 4 nitrogen and oxygen atoms in total. The standard InChI is InChI=1S/C16H20F3NO3/c1-15(2,3)23-14(21)20-10-5-4-7-12-8-6-9-13(11-12)22-16(17,18)19/h4,6-9,11H,5,10H2,1-3H3,(H,20,21). The number of nitrogens with one attached hydrogen (secondary N) is 1. The molecule has 1 aromatic carbocycles. The van der Waals surface area contributed by atoms with E-state index in [1.54, 1.807) is 39.0 Å². The molecule has 0 radical (unpaired) electrons. The van der Waals surface area contributed by atoms with Crippen LogP contribution in [0.4, 0.5) is 18.0 Å². The fourth-order valence-corrected chi connectivity index (χ4v) is 1.61. The van der Waals surface area contributed by atoms with E-state index in [1.165, 1.54) is 18.2 Å². The number of alkyl carbamates (subject to hydrolysis) is 1. The summed E-state index contributed by atoms with van der Waals surface area (Å²) in [6.07, 6.45) is -1.31. The van der Waals surface area contributed by atoms with Gasteiger partial charge in [0, 0.05) is 6.54 Å². The predicted octanol–water partition coefficient (Wildman–Crippen LogP) is 4.51. The monoisotopic (exact) mass is 331 g/mol. The first kappa shape index (κ1) is 18.9. The number of carbonyl (C=O) groups excluding carboxylic acids is 1. The molecule has 1 N–H and O–H groups in total. The molecule has 0 saturated carbocycles. The number of hydrogen-bond acceptors (Lipinski definition) is 3. The quantitative estimate of drug-likeness (QED) is 0.807. The van der Waals surface area contributed by atoms with Crippen LogP contribution in [-0.2, 0) is 4.74 Å². The molecule has 0 aliphatic carbocycles. The van der Waals surface area contributed by atoms with Crippen molar-refractivity contribution in [1.82, 2.24) is 5.32 Å². The molecule has 0 heterocycles. The first-order chi connectivity index (χ1) is 10.6. The number of ether oxygens (including phenoxy) is 2. The molecule has 0 aromatic heterocycles. The summed E-state index contributed by atoms with van der Waals surface area (Å²) in [4.78, 5) is 11.4. The Morgan fingerprint density at radius 1 is 1.26 bits per heavy atom. The zero-order valence-electron chi connectivity index (χ0n) is 13.2. The van der Waals surface area contributed by atoms with Gasteiger partial charge in [0.15, 0.2) is 0 Å².